The van der Waals surface area contributed by atoms with Gasteiger partial charge in [0.15, 0.2) is 5.69 Å². The van der Waals surface area contributed by atoms with Crippen molar-refractivity contribution in [1.29, 1.82) is 0 Å². The van der Waals surface area contributed by atoms with Crippen molar-refractivity contribution in [3.8, 4) is 5.75 Å². The van der Waals surface area contributed by atoms with E-state index in [9.17, 15) is 13.2 Å². The normalized spacial score (nSPS) is 11.2. The van der Waals surface area contributed by atoms with E-state index >= 15 is 0 Å². The van der Waals surface area contributed by atoms with E-state index in [1.165, 1.54) is 6.20 Å². The average Bonchev–Trinajstić information content (AvgIpc) is 3.38. The second-order valence-corrected chi connectivity index (χ2v) is 10.2. The summed E-state index contributed by atoms with van der Waals surface area (Å²) in [6, 6.07) is 17.7. The third-order valence-electron chi connectivity index (χ3n) is 5.22. The molecule has 1 amide bonds. The van der Waals surface area contributed by atoms with E-state index in [1.807, 2.05) is 29.2 Å². The third kappa shape index (κ3) is 6.02. The maximum Gasteiger partial charge on any atom is 0.276 e. The number of nitrogens with one attached hydrogen (secondary N) is 1. The SMILES string of the molecule is COc1ccc(CN(Cc2ccco2)c2cnc(S(C)(=O)=O)nc2C(=O)Nc2ccccc2Cl)cc1. The number of methoxy groups -OCH3 is 1. The average molecular weight is 527 g/mol. The predicted molar refractivity (Wildman–Crippen MR) is 136 cm³/mol. The Kier molecular flexibility index (Phi) is 7.56. The summed E-state index contributed by atoms with van der Waals surface area (Å²) in [5, 5.41) is 2.58. The lowest BCUT2D eigenvalue weighted by Gasteiger charge is -2.25. The van der Waals surface area contributed by atoms with Gasteiger partial charge in [-0.2, -0.15) is 0 Å². The van der Waals surface area contributed by atoms with Gasteiger partial charge in [0, 0.05) is 12.8 Å². The molecule has 11 heteroatoms. The second-order valence-electron chi connectivity index (χ2n) is 7.88. The predicted octanol–water partition coefficient (Wildman–Crippen LogP) is 4.59. The van der Waals surface area contributed by atoms with Gasteiger partial charge < -0.3 is 19.4 Å². The largest absolute Gasteiger partial charge is 0.497 e. The second kappa shape index (κ2) is 10.8. The topological polar surface area (TPSA) is 115 Å². The minimum absolute atomic E-state index is 0.120. The minimum atomic E-state index is -3.78. The lowest BCUT2D eigenvalue weighted by Crippen LogP contribution is -2.27. The molecule has 0 unspecified atom stereocenters. The Morgan fingerprint density at radius 1 is 1.08 bits per heavy atom. The summed E-state index contributed by atoms with van der Waals surface area (Å²) < 4.78 is 35.2. The van der Waals surface area contributed by atoms with Gasteiger partial charge in [-0.05, 0) is 42.0 Å². The number of para-hydroxylation sites is 1. The maximum absolute atomic E-state index is 13.4. The van der Waals surface area contributed by atoms with Gasteiger partial charge in [-0.1, -0.05) is 35.9 Å². The van der Waals surface area contributed by atoms with Crippen molar-refractivity contribution in [1.82, 2.24) is 9.97 Å². The summed E-state index contributed by atoms with van der Waals surface area (Å²) in [7, 11) is -2.19. The fourth-order valence-electron chi connectivity index (χ4n) is 3.45. The molecule has 0 aliphatic heterocycles. The van der Waals surface area contributed by atoms with Gasteiger partial charge in [0.2, 0.25) is 15.0 Å². The maximum atomic E-state index is 13.4. The van der Waals surface area contributed by atoms with Crippen LogP contribution in [-0.4, -0.2) is 37.7 Å². The van der Waals surface area contributed by atoms with Gasteiger partial charge in [0.1, 0.15) is 11.5 Å². The van der Waals surface area contributed by atoms with Crippen LogP contribution in [0.3, 0.4) is 0 Å². The first-order valence-electron chi connectivity index (χ1n) is 10.8. The fraction of sp³-hybridized carbons (Fsp3) is 0.160. The molecule has 2 heterocycles. The third-order valence-corrected chi connectivity index (χ3v) is 6.41. The summed E-state index contributed by atoms with van der Waals surface area (Å²) in [4.78, 5) is 23.4. The highest BCUT2D eigenvalue weighted by atomic mass is 35.5. The van der Waals surface area contributed by atoms with E-state index in [0.29, 0.717) is 34.5 Å². The zero-order valence-electron chi connectivity index (χ0n) is 19.5. The van der Waals surface area contributed by atoms with E-state index in [4.69, 9.17) is 20.8 Å². The van der Waals surface area contributed by atoms with Crippen LogP contribution in [0.25, 0.3) is 0 Å². The van der Waals surface area contributed by atoms with E-state index in [0.717, 1.165) is 11.8 Å². The van der Waals surface area contributed by atoms with Crippen molar-refractivity contribution in [3.05, 3.63) is 95.2 Å². The Balaban J connectivity index is 1.78. The first-order chi connectivity index (χ1) is 17.2. The molecule has 0 atom stereocenters. The summed E-state index contributed by atoms with van der Waals surface area (Å²) in [5.41, 5.74) is 1.47. The van der Waals surface area contributed by atoms with Crippen molar-refractivity contribution in [2.75, 3.05) is 23.6 Å². The van der Waals surface area contributed by atoms with Crippen LogP contribution in [0.1, 0.15) is 21.8 Å². The Morgan fingerprint density at radius 2 is 1.83 bits per heavy atom. The Bertz CT molecular complexity index is 1460. The van der Waals surface area contributed by atoms with E-state index in [2.05, 4.69) is 15.3 Å². The van der Waals surface area contributed by atoms with Gasteiger partial charge in [0.05, 0.1) is 42.5 Å². The van der Waals surface area contributed by atoms with E-state index in [-0.39, 0.29) is 12.2 Å². The molecule has 0 fully saturated rings. The van der Waals surface area contributed by atoms with Crippen LogP contribution >= 0.6 is 11.6 Å². The molecule has 2 aromatic carbocycles. The van der Waals surface area contributed by atoms with Crippen molar-refractivity contribution >= 4 is 38.7 Å². The number of sulfone groups is 1. The molecule has 0 saturated heterocycles. The Labute approximate surface area is 213 Å². The molecule has 36 heavy (non-hydrogen) atoms. The number of hydrogen-bond acceptors (Lipinski definition) is 8. The quantitative estimate of drug-likeness (QED) is 0.315. The molecule has 0 saturated carbocycles. The lowest BCUT2D eigenvalue weighted by atomic mass is 10.1. The molecule has 0 aliphatic rings. The number of amides is 1. The van der Waals surface area contributed by atoms with Crippen LogP contribution in [0.5, 0.6) is 5.75 Å². The molecule has 0 spiro atoms. The summed E-state index contributed by atoms with van der Waals surface area (Å²) >= 11 is 6.21. The number of rotatable bonds is 9. The highest BCUT2D eigenvalue weighted by Crippen LogP contribution is 2.27. The van der Waals surface area contributed by atoms with Crippen LogP contribution in [0.2, 0.25) is 5.02 Å². The van der Waals surface area contributed by atoms with Gasteiger partial charge >= 0.3 is 0 Å². The van der Waals surface area contributed by atoms with Crippen molar-refractivity contribution in [3.63, 3.8) is 0 Å². The molecular formula is C25H23ClN4O5S. The van der Waals surface area contributed by atoms with Gasteiger partial charge in [-0.3, -0.25) is 4.79 Å². The smallest absolute Gasteiger partial charge is 0.276 e. The Morgan fingerprint density at radius 3 is 2.47 bits per heavy atom. The van der Waals surface area contributed by atoms with Crippen LogP contribution in [0.4, 0.5) is 11.4 Å². The molecule has 1 N–H and O–H groups in total. The summed E-state index contributed by atoms with van der Waals surface area (Å²) in [6.45, 7) is 0.617. The molecule has 2 aromatic heterocycles. The van der Waals surface area contributed by atoms with Crippen LogP contribution in [-0.2, 0) is 22.9 Å². The molecule has 4 aromatic rings. The highest BCUT2D eigenvalue weighted by molar-refractivity contribution is 7.90. The molecule has 186 valence electrons. The molecule has 9 nitrogen and oxygen atoms in total. The van der Waals surface area contributed by atoms with E-state index < -0.39 is 20.9 Å². The molecule has 0 bridgehead atoms. The number of carbonyl (C=O) groups excluding carboxylic acids is 1. The van der Waals surface area contributed by atoms with Crippen molar-refractivity contribution in [2.45, 2.75) is 18.2 Å². The van der Waals surface area contributed by atoms with Gasteiger partial charge in [-0.25, -0.2) is 18.4 Å². The number of hydrogen-bond donors (Lipinski definition) is 1. The van der Waals surface area contributed by atoms with Crippen LogP contribution in [0, 0.1) is 0 Å². The van der Waals surface area contributed by atoms with Gasteiger partial charge in [0.25, 0.3) is 5.91 Å². The number of furan rings is 1. The molecule has 0 radical (unpaired) electrons. The summed E-state index contributed by atoms with van der Waals surface area (Å²) in [6.07, 6.45) is 3.86. The summed E-state index contributed by atoms with van der Waals surface area (Å²) in [5.74, 6) is 0.703. The number of anilines is 2. The van der Waals surface area contributed by atoms with E-state index in [1.54, 1.807) is 49.8 Å². The number of nitrogens with zero attached hydrogens (tertiary/aromatic N) is 3. The molecule has 0 aliphatic carbocycles. The van der Waals surface area contributed by atoms with Crippen molar-refractivity contribution in [2.24, 2.45) is 0 Å². The first kappa shape index (κ1) is 25.2. The van der Waals surface area contributed by atoms with Crippen LogP contribution < -0.4 is 15.0 Å². The Hall–Kier alpha value is -3.89. The van der Waals surface area contributed by atoms with Crippen LogP contribution in [0.15, 0.2) is 82.7 Å². The number of ether oxygens (including phenoxy) is 1. The lowest BCUT2D eigenvalue weighted by molar-refractivity contribution is 0.102. The first-order valence-corrected chi connectivity index (χ1v) is 13.0. The van der Waals surface area contributed by atoms with Crippen molar-refractivity contribution < 1.29 is 22.4 Å². The number of benzene rings is 2. The molecule has 4 rings (SSSR count). The number of halogens is 1. The standard InChI is InChI=1S/C25H23ClN4O5S/c1-34-18-11-9-17(10-12-18)15-30(16-19-6-5-13-35-19)22-14-27-25(36(2,32)33)29-23(22)24(31)28-21-8-4-3-7-20(21)26/h3-14H,15-16H2,1-2H3,(H,28,31). The number of carbonyl (C=O) groups is 1. The number of aromatic nitrogens is 2. The highest BCUT2D eigenvalue weighted by Gasteiger charge is 2.24. The molecular weight excluding hydrogens is 504 g/mol. The van der Waals surface area contributed by atoms with Gasteiger partial charge in [-0.15, -0.1) is 0 Å². The zero-order chi connectivity index (χ0) is 25.7. The zero-order valence-corrected chi connectivity index (χ0v) is 21.1. The minimum Gasteiger partial charge on any atom is -0.497 e. The fourth-order valence-corrected chi connectivity index (χ4v) is 4.13. The monoisotopic (exact) mass is 526 g/mol.